The maximum absolute atomic E-state index is 6.05. The largest absolute Gasteiger partial charge is 0.333 e. The fourth-order valence-electron chi connectivity index (χ4n) is 2.23. The minimum Gasteiger partial charge on any atom is -0.333 e. The number of hydrogen-bond acceptors (Lipinski definition) is 3. The first-order valence-corrected chi connectivity index (χ1v) is 8.33. The highest BCUT2D eigenvalue weighted by Gasteiger charge is 2.11. The average Bonchev–Trinajstić information content (AvgIpc) is 2.79. The topological polar surface area (TPSA) is 54.7 Å². The van der Waals surface area contributed by atoms with Gasteiger partial charge in [-0.15, -0.1) is 0 Å². The molecular formula is C16H16BrN3S. The summed E-state index contributed by atoms with van der Waals surface area (Å²) in [7, 11) is 0. The van der Waals surface area contributed by atoms with Crippen LogP contribution in [0.15, 0.2) is 50.9 Å². The number of aromatic nitrogens is 2. The van der Waals surface area contributed by atoms with Crippen LogP contribution in [-0.2, 0) is 0 Å². The maximum Gasteiger partial charge on any atom is 0.171 e. The fraction of sp³-hybridized carbons (Fsp3) is 0.188. The number of halogens is 1. The van der Waals surface area contributed by atoms with Gasteiger partial charge in [0.1, 0.15) is 0 Å². The molecule has 0 aliphatic heterocycles. The second-order valence-corrected chi connectivity index (χ2v) is 7.08. The molecule has 5 heteroatoms. The Kier molecular flexibility index (Phi) is 4.06. The number of H-pyrrole nitrogens is 1. The quantitative estimate of drug-likeness (QED) is 0.703. The van der Waals surface area contributed by atoms with Gasteiger partial charge in [0.15, 0.2) is 5.16 Å². The summed E-state index contributed by atoms with van der Waals surface area (Å²) in [6, 6.07) is 12.4. The number of rotatable bonds is 3. The van der Waals surface area contributed by atoms with E-state index in [0.29, 0.717) is 0 Å². The van der Waals surface area contributed by atoms with E-state index in [4.69, 9.17) is 5.73 Å². The Labute approximate surface area is 136 Å². The zero-order valence-corrected chi connectivity index (χ0v) is 14.3. The van der Waals surface area contributed by atoms with Crippen molar-refractivity contribution in [3.8, 4) is 0 Å². The van der Waals surface area contributed by atoms with Crippen molar-refractivity contribution in [2.24, 2.45) is 5.73 Å². The Bertz CT molecular complexity index is 795. The predicted octanol–water partition coefficient (Wildman–Crippen LogP) is 4.80. The fourth-order valence-corrected chi connectivity index (χ4v) is 3.81. The minimum absolute atomic E-state index is 0.00720. The molecule has 0 amide bonds. The number of nitrogens with zero attached hydrogens (tertiary/aromatic N) is 1. The highest BCUT2D eigenvalue weighted by Crippen LogP contribution is 2.34. The number of imidazole rings is 1. The third-order valence-electron chi connectivity index (χ3n) is 3.29. The molecule has 0 saturated carbocycles. The van der Waals surface area contributed by atoms with Crippen LogP contribution in [-0.4, -0.2) is 9.97 Å². The lowest BCUT2D eigenvalue weighted by Crippen LogP contribution is -2.06. The summed E-state index contributed by atoms with van der Waals surface area (Å²) >= 11 is 5.13. The third kappa shape index (κ3) is 3.15. The molecule has 3 N–H and O–H groups in total. The summed E-state index contributed by atoms with van der Waals surface area (Å²) in [5.41, 5.74) is 10.5. The summed E-state index contributed by atoms with van der Waals surface area (Å²) in [5, 5.41) is 0.885. The molecule has 1 heterocycles. The van der Waals surface area contributed by atoms with Crippen molar-refractivity contribution >= 4 is 38.7 Å². The number of nitrogens with two attached hydrogens (primary N) is 1. The first kappa shape index (κ1) is 14.6. The summed E-state index contributed by atoms with van der Waals surface area (Å²) in [6.07, 6.45) is 0. The lowest BCUT2D eigenvalue weighted by atomic mass is 10.1. The zero-order valence-electron chi connectivity index (χ0n) is 11.9. The number of fused-ring (bicyclic) bond motifs is 1. The van der Waals surface area contributed by atoms with Gasteiger partial charge in [0.05, 0.1) is 11.0 Å². The smallest absolute Gasteiger partial charge is 0.171 e. The standard InChI is InChI=1S/C16H16BrN3S/c1-9-3-6-13-14(7-9)20-16(19-13)21-15-8-11(17)4-5-12(15)10(2)18/h3-8,10H,18H2,1-2H3,(H,19,20). The normalized spacial score (nSPS) is 12.8. The van der Waals surface area contributed by atoms with Crippen LogP contribution in [0.3, 0.4) is 0 Å². The summed E-state index contributed by atoms with van der Waals surface area (Å²) in [5.74, 6) is 0. The number of aromatic amines is 1. The van der Waals surface area contributed by atoms with Crippen LogP contribution in [0.2, 0.25) is 0 Å². The van der Waals surface area contributed by atoms with E-state index in [1.54, 1.807) is 11.8 Å². The lowest BCUT2D eigenvalue weighted by molar-refractivity contribution is 0.796. The molecule has 108 valence electrons. The Morgan fingerprint density at radius 1 is 1.24 bits per heavy atom. The van der Waals surface area contributed by atoms with Crippen molar-refractivity contribution in [2.45, 2.75) is 29.9 Å². The second-order valence-electron chi connectivity index (χ2n) is 5.14. The van der Waals surface area contributed by atoms with Gasteiger partial charge in [-0.1, -0.05) is 39.8 Å². The molecule has 0 aliphatic carbocycles. The van der Waals surface area contributed by atoms with Gasteiger partial charge in [-0.3, -0.25) is 0 Å². The van der Waals surface area contributed by atoms with Crippen molar-refractivity contribution in [3.63, 3.8) is 0 Å². The van der Waals surface area contributed by atoms with Gasteiger partial charge in [0.25, 0.3) is 0 Å². The van der Waals surface area contributed by atoms with Crippen LogP contribution in [0.4, 0.5) is 0 Å². The van der Waals surface area contributed by atoms with Gasteiger partial charge in [-0.2, -0.15) is 0 Å². The van der Waals surface area contributed by atoms with Crippen molar-refractivity contribution in [1.82, 2.24) is 9.97 Å². The van der Waals surface area contributed by atoms with Crippen molar-refractivity contribution in [1.29, 1.82) is 0 Å². The Morgan fingerprint density at radius 2 is 2.05 bits per heavy atom. The predicted molar refractivity (Wildman–Crippen MR) is 91.7 cm³/mol. The highest BCUT2D eigenvalue weighted by molar-refractivity contribution is 9.10. The first-order chi connectivity index (χ1) is 10.0. The van der Waals surface area contributed by atoms with Crippen LogP contribution in [0.5, 0.6) is 0 Å². The highest BCUT2D eigenvalue weighted by atomic mass is 79.9. The third-order valence-corrected chi connectivity index (χ3v) is 4.74. The molecule has 3 nitrogen and oxygen atoms in total. The molecule has 3 rings (SSSR count). The summed E-state index contributed by atoms with van der Waals surface area (Å²) in [6.45, 7) is 4.07. The SMILES string of the molecule is Cc1ccc2nc(Sc3cc(Br)ccc3C(C)N)[nH]c2c1. The van der Waals surface area contributed by atoms with Gasteiger partial charge in [0.2, 0.25) is 0 Å². The molecule has 3 aromatic rings. The van der Waals surface area contributed by atoms with E-state index in [1.165, 1.54) is 5.56 Å². The van der Waals surface area contributed by atoms with Crippen LogP contribution in [0, 0.1) is 6.92 Å². The molecule has 1 unspecified atom stereocenters. The van der Waals surface area contributed by atoms with Crippen LogP contribution in [0.1, 0.15) is 24.1 Å². The molecule has 0 saturated heterocycles. The number of benzene rings is 2. The van der Waals surface area contributed by atoms with Gasteiger partial charge in [-0.25, -0.2) is 4.98 Å². The molecule has 2 aromatic carbocycles. The van der Waals surface area contributed by atoms with E-state index in [-0.39, 0.29) is 6.04 Å². The lowest BCUT2D eigenvalue weighted by Gasteiger charge is -2.11. The van der Waals surface area contributed by atoms with Gasteiger partial charge >= 0.3 is 0 Å². The molecule has 0 radical (unpaired) electrons. The van der Waals surface area contributed by atoms with E-state index in [1.807, 2.05) is 19.1 Å². The molecule has 1 atom stereocenters. The van der Waals surface area contributed by atoms with Crippen molar-refractivity contribution in [3.05, 3.63) is 52.0 Å². The van der Waals surface area contributed by atoms with Gasteiger partial charge < -0.3 is 10.7 Å². The van der Waals surface area contributed by atoms with Crippen LogP contribution >= 0.6 is 27.7 Å². The molecule has 0 spiro atoms. The van der Waals surface area contributed by atoms with Crippen LogP contribution in [0.25, 0.3) is 11.0 Å². The van der Waals surface area contributed by atoms with Crippen molar-refractivity contribution < 1.29 is 0 Å². The van der Waals surface area contributed by atoms with Crippen LogP contribution < -0.4 is 5.73 Å². The van der Waals surface area contributed by atoms with E-state index in [9.17, 15) is 0 Å². The minimum atomic E-state index is -0.00720. The second kappa shape index (κ2) is 5.83. The Balaban J connectivity index is 2.00. The van der Waals surface area contributed by atoms with Gasteiger partial charge in [-0.05, 0) is 49.2 Å². The van der Waals surface area contributed by atoms with E-state index in [2.05, 4.69) is 57.1 Å². The first-order valence-electron chi connectivity index (χ1n) is 6.72. The molecule has 0 fully saturated rings. The molecule has 0 bridgehead atoms. The van der Waals surface area contributed by atoms with E-state index < -0.39 is 0 Å². The number of hydrogen-bond donors (Lipinski definition) is 2. The maximum atomic E-state index is 6.05. The molecular weight excluding hydrogens is 346 g/mol. The van der Waals surface area contributed by atoms with E-state index in [0.717, 1.165) is 31.1 Å². The Hall–Kier alpha value is -1.30. The van der Waals surface area contributed by atoms with Gasteiger partial charge in [0, 0.05) is 15.4 Å². The zero-order chi connectivity index (χ0) is 15.0. The molecule has 0 aliphatic rings. The summed E-state index contributed by atoms with van der Waals surface area (Å²) < 4.78 is 1.04. The molecule has 21 heavy (non-hydrogen) atoms. The number of nitrogens with one attached hydrogen (secondary N) is 1. The van der Waals surface area contributed by atoms with Crippen molar-refractivity contribution in [2.75, 3.05) is 0 Å². The molecule has 1 aromatic heterocycles. The summed E-state index contributed by atoms with van der Waals surface area (Å²) in [4.78, 5) is 9.12. The number of aryl methyl sites for hydroxylation is 1. The average molecular weight is 362 g/mol. The van der Waals surface area contributed by atoms with E-state index >= 15 is 0 Å². The Morgan fingerprint density at radius 3 is 2.81 bits per heavy atom. The monoisotopic (exact) mass is 361 g/mol.